The first-order chi connectivity index (χ1) is 4.34. The summed E-state index contributed by atoms with van der Waals surface area (Å²) in [6.45, 7) is 0. The lowest BCUT2D eigenvalue weighted by Gasteiger charge is -2.00. The summed E-state index contributed by atoms with van der Waals surface area (Å²) in [5.41, 5.74) is 1.07. The van der Waals surface area contributed by atoms with E-state index in [-0.39, 0.29) is 0 Å². The van der Waals surface area contributed by atoms with Gasteiger partial charge in [0.2, 0.25) is 0 Å². The minimum Gasteiger partial charge on any atom is -0.387 e. The zero-order chi connectivity index (χ0) is 6.69. The molecule has 0 saturated carbocycles. The molecule has 0 atom stereocenters. The molecule has 48 valence electrons. The molecule has 1 N–H and O–H groups in total. The second-order valence-corrected chi connectivity index (χ2v) is 2.25. The van der Waals surface area contributed by atoms with E-state index in [4.69, 9.17) is 0 Å². The van der Waals surface area contributed by atoms with Crippen molar-refractivity contribution in [2.75, 3.05) is 12.4 Å². The number of rotatable bonds is 1. The molecule has 1 aromatic rings. The van der Waals surface area contributed by atoms with Crippen LogP contribution in [-0.2, 0) is 0 Å². The molecule has 0 unspecified atom stereocenters. The third-order valence-electron chi connectivity index (χ3n) is 1.17. The highest BCUT2D eigenvalue weighted by Gasteiger charge is 1.89. The first-order valence-electron chi connectivity index (χ1n) is 2.80. The van der Waals surface area contributed by atoms with Gasteiger partial charge in [-0.05, 0) is 12.1 Å². The fourth-order valence-corrected chi connectivity index (χ4v) is 0.957. The van der Waals surface area contributed by atoms with Gasteiger partial charge in [0, 0.05) is 17.6 Å². The van der Waals surface area contributed by atoms with E-state index in [1.807, 2.05) is 31.3 Å². The molecule has 0 spiro atoms. The molecule has 0 fully saturated rings. The number of hydrogen-bond donors (Lipinski definition) is 2. The molecule has 0 saturated heterocycles. The van der Waals surface area contributed by atoms with E-state index >= 15 is 0 Å². The van der Waals surface area contributed by atoms with Gasteiger partial charge in [-0.2, -0.15) is 0 Å². The van der Waals surface area contributed by atoms with Crippen molar-refractivity contribution in [2.45, 2.75) is 4.90 Å². The van der Waals surface area contributed by atoms with Crippen LogP contribution >= 0.6 is 12.6 Å². The Morgan fingerprint density at radius 1 is 1.33 bits per heavy atom. The quantitative estimate of drug-likeness (QED) is 0.567. The molecule has 0 aliphatic carbocycles. The zero-order valence-electron chi connectivity index (χ0n) is 5.26. The summed E-state index contributed by atoms with van der Waals surface area (Å²) in [5, 5.41) is 3.02. The van der Waals surface area contributed by atoms with Crippen molar-refractivity contribution < 1.29 is 0 Å². The number of para-hydroxylation sites is 1. The van der Waals surface area contributed by atoms with E-state index in [0.717, 1.165) is 10.6 Å². The number of anilines is 1. The highest BCUT2D eigenvalue weighted by atomic mass is 32.1. The van der Waals surface area contributed by atoms with E-state index in [1.165, 1.54) is 0 Å². The van der Waals surface area contributed by atoms with Crippen LogP contribution in [0.4, 0.5) is 5.69 Å². The largest absolute Gasteiger partial charge is 0.387 e. The summed E-state index contributed by atoms with van der Waals surface area (Å²) in [6, 6.07) is 7.88. The van der Waals surface area contributed by atoms with Crippen molar-refractivity contribution in [2.24, 2.45) is 0 Å². The summed E-state index contributed by atoms with van der Waals surface area (Å²) in [7, 11) is 1.88. The molecule has 0 heterocycles. The molecule has 1 aromatic carbocycles. The summed E-state index contributed by atoms with van der Waals surface area (Å²) >= 11 is 4.22. The molecule has 0 amide bonds. The van der Waals surface area contributed by atoms with Crippen LogP contribution in [0.3, 0.4) is 0 Å². The van der Waals surface area contributed by atoms with Crippen LogP contribution in [0.15, 0.2) is 29.2 Å². The topological polar surface area (TPSA) is 12.0 Å². The summed E-state index contributed by atoms with van der Waals surface area (Å²) in [4.78, 5) is 0.986. The van der Waals surface area contributed by atoms with E-state index < -0.39 is 0 Å². The Bertz CT molecular complexity index is 198. The van der Waals surface area contributed by atoms with E-state index in [0.29, 0.717) is 0 Å². The third kappa shape index (κ3) is 1.39. The molecule has 0 aromatic heterocycles. The average molecular weight is 139 g/mol. The van der Waals surface area contributed by atoms with Crippen LogP contribution in [0, 0.1) is 0 Å². The van der Waals surface area contributed by atoms with E-state index in [9.17, 15) is 0 Å². The van der Waals surface area contributed by atoms with Gasteiger partial charge in [0.05, 0.1) is 0 Å². The van der Waals surface area contributed by atoms with E-state index in [2.05, 4.69) is 17.9 Å². The molecule has 0 aliphatic heterocycles. The highest BCUT2D eigenvalue weighted by Crippen LogP contribution is 2.16. The lowest BCUT2D eigenvalue weighted by atomic mass is 10.3. The van der Waals surface area contributed by atoms with Crippen molar-refractivity contribution in [3.8, 4) is 0 Å². The Balaban J connectivity index is 3.01. The average Bonchev–Trinajstić information content (AvgIpc) is 1.89. The Morgan fingerprint density at radius 2 is 2.00 bits per heavy atom. The van der Waals surface area contributed by atoms with Crippen LogP contribution in [0.5, 0.6) is 0 Å². The van der Waals surface area contributed by atoms with Crippen molar-refractivity contribution in [3.63, 3.8) is 0 Å². The Hall–Kier alpha value is -0.630. The van der Waals surface area contributed by atoms with Crippen LogP contribution in [0.25, 0.3) is 0 Å². The molecule has 0 aliphatic rings. The van der Waals surface area contributed by atoms with Crippen molar-refractivity contribution in [1.29, 1.82) is 0 Å². The maximum atomic E-state index is 4.22. The fraction of sp³-hybridized carbons (Fsp3) is 0.143. The monoisotopic (exact) mass is 139 g/mol. The lowest BCUT2D eigenvalue weighted by Crippen LogP contribution is -1.87. The summed E-state index contributed by atoms with van der Waals surface area (Å²) in [6.07, 6.45) is 0. The smallest absolute Gasteiger partial charge is 0.0473 e. The van der Waals surface area contributed by atoms with Crippen molar-refractivity contribution >= 4 is 18.3 Å². The number of thiol groups is 1. The molecule has 2 heteroatoms. The van der Waals surface area contributed by atoms with Gasteiger partial charge in [-0.3, -0.25) is 0 Å². The first-order valence-corrected chi connectivity index (χ1v) is 3.25. The van der Waals surface area contributed by atoms with Gasteiger partial charge in [-0.15, -0.1) is 12.6 Å². The number of benzene rings is 1. The zero-order valence-corrected chi connectivity index (χ0v) is 6.15. The first kappa shape index (κ1) is 6.49. The van der Waals surface area contributed by atoms with Crippen LogP contribution in [-0.4, -0.2) is 7.05 Å². The molecular weight excluding hydrogens is 130 g/mol. The van der Waals surface area contributed by atoms with Gasteiger partial charge in [0.25, 0.3) is 0 Å². The number of hydrogen-bond acceptors (Lipinski definition) is 2. The summed E-state index contributed by atoms with van der Waals surface area (Å²) in [5.74, 6) is 0. The lowest BCUT2D eigenvalue weighted by molar-refractivity contribution is 1.39. The molecule has 1 nitrogen and oxygen atoms in total. The SMILES string of the molecule is CNc1ccccc1S. The third-order valence-corrected chi connectivity index (χ3v) is 1.56. The van der Waals surface area contributed by atoms with Gasteiger partial charge in [-0.1, -0.05) is 12.1 Å². The Labute approximate surface area is 60.5 Å². The molecule has 9 heavy (non-hydrogen) atoms. The standard InChI is InChI=1S/C7H9NS/c1-8-6-4-2-3-5-7(6)9/h2-5,8-9H,1H3. The van der Waals surface area contributed by atoms with Crippen LogP contribution < -0.4 is 5.32 Å². The second kappa shape index (κ2) is 2.78. The van der Waals surface area contributed by atoms with Gasteiger partial charge in [-0.25, -0.2) is 0 Å². The van der Waals surface area contributed by atoms with Gasteiger partial charge >= 0.3 is 0 Å². The second-order valence-electron chi connectivity index (χ2n) is 1.77. The van der Waals surface area contributed by atoms with Gasteiger partial charge in [0.1, 0.15) is 0 Å². The van der Waals surface area contributed by atoms with Crippen LogP contribution in [0.2, 0.25) is 0 Å². The normalized spacial score (nSPS) is 9.11. The highest BCUT2D eigenvalue weighted by molar-refractivity contribution is 7.80. The molecular formula is C7H9NS. The fourth-order valence-electron chi connectivity index (χ4n) is 0.685. The Kier molecular flexibility index (Phi) is 2.01. The molecule has 1 rings (SSSR count). The van der Waals surface area contributed by atoms with E-state index in [1.54, 1.807) is 0 Å². The molecule has 0 radical (unpaired) electrons. The predicted octanol–water partition coefficient (Wildman–Crippen LogP) is 2.02. The maximum absolute atomic E-state index is 4.22. The molecule has 0 bridgehead atoms. The van der Waals surface area contributed by atoms with Crippen molar-refractivity contribution in [1.82, 2.24) is 0 Å². The van der Waals surface area contributed by atoms with Gasteiger partial charge < -0.3 is 5.32 Å². The summed E-state index contributed by atoms with van der Waals surface area (Å²) < 4.78 is 0. The maximum Gasteiger partial charge on any atom is 0.0473 e. The minimum atomic E-state index is 0.986. The minimum absolute atomic E-state index is 0.986. The Morgan fingerprint density at radius 3 is 2.44 bits per heavy atom. The predicted molar refractivity (Wildman–Crippen MR) is 43.2 cm³/mol. The number of nitrogens with one attached hydrogen (secondary N) is 1. The van der Waals surface area contributed by atoms with Gasteiger partial charge in [0.15, 0.2) is 0 Å². The van der Waals surface area contributed by atoms with Crippen LogP contribution in [0.1, 0.15) is 0 Å². The van der Waals surface area contributed by atoms with Crippen molar-refractivity contribution in [3.05, 3.63) is 24.3 Å².